The van der Waals surface area contributed by atoms with Crippen LogP contribution in [-0.4, -0.2) is 11.1 Å². The van der Waals surface area contributed by atoms with Crippen molar-refractivity contribution < 1.29 is 9.90 Å². The van der Waals surface area contributed by atoms with Gasteiger partial charge >= 0.3 is 5.97 Å². The Balaban J connectivity index is 3.42. The Morgan fingerprint density at radius 2 is 1.85 bits per heavy atom. The van der Waals surface area contributed by atoms with Crippen LogP contribution in [0.1, 0.15) is 15.9 Å². The Labute approximate surface area is 85.1 Å². The van der Waals surface area contributed by atoms with E-state index in [9.17, 15) is 4.79 Å². The van der Waals surface area contributed by atoms with E-state index in [1.165, 1.54) is 12.1 Å². The van der Waals surface area contributed by atoms with Gasteiger partial charge in [-0.25, -0.2) is 4.79 Å². The van der Waals surface area contributed by atoms with Crippen molar-refractivity contribution >= 4 is 29.2 Å². The number of hydrogen-bond donors (Lipinski definition) is 1. The Morgan fingerprint density at radius 1 is 1.38 bits per heavy atom. The van der Waals surface area contributed by atoms with E-state index in [4.69, 9.17) is 34.7 Å². The van der Waals surface area contributed by atoms with Crippen molar-refractivity contribution in [2.75, 3.05) is 0 Å². The van der Waals surface area contributed by atoms with E-state index in [0.29, 0.717) is 5.56 Å². The molecule has 0 heterocycles. The fourth-order valence-electron chi connectivity index (χ4n) is 0.861. The molecule has 0 saturated carbocycles. The molecule has 0 aliphatic rings. The number of rotatable bonds is 1. The van der Waals surface area contributed by atoms with Gasteiger partial charge in [0.15, 0.2) is 0 Å². The quantitative estimate of drug-likeness (QED) is 0.731. The largest absolute Gasteiger partial charge is 0.478 e. The third kappa shape index (κ3) is 1.95. The SMILES string of the molecule is C#Cc1cc(Cl)c(C(=O)O)c(Cl)c1. The van der Waals surface area contributed by atoms with Crippen molar-refractivity contribution in [3.05, 3.63) is 33.3 Å². The second-order valence-electron chi connectivity index (χ2n) is 2.26. The lowest BCUT2D eigenvalue weighted by Gasteiger charge is -2.02. The summed E-state index contributed by atoms with van der Waals surface area (Å²) in [5, 5.41) is 8.79. The topological polar surface area (TPSA) is 37.3 Å². The summed E-state index contributed by atoms with van der Waals surface area (Å²) < 4.78 is 0. The molecule has 1 aromatic rings. The van der Waals surface area contributed by atoms with E-state index in [-0.39, 0.29) is 15.6 Å². The van der Waals surface area contributed by atoms with Gasteiger partial charge in [-0.15, -0.1) is 6.42 Å². The van der Waals surface area contributed by atoms with Crippen LogP contribution in [0, 0.1) is 12.3 Å². The normalized spacial score (nSPS) is 9.31. The molecular formula is C9H4Cl2O2. The Kier molecular flexibility index (Phi) is 2.82. The highest BCUT2D eigenvalue weighted by Crippen LogP contribution is 2.26. The zero-order valence-corrected chi connectivity index (χ0v) is 7.86. The van der Waals surface area contributed by atoms with E-state index in [2.05, 4.69) is 5.92 Å². The van der Waals surface area contributed by atoms with E-state index < -0.39 is 5.97 Å². The second kappa shape index (κ2) is 3.69. The molecule has 0 atom stereocenters. The minimum atomic E-state index is -1.17. The van der Waals surface area contributed by atoms with Gasteiger partial charge in [0.2, 0.25) is 0 Å². The number of carboxylic acid groups (broad SMARTS) is 1. The third-order valence-corrected chi connectivity index (χ3v) is 2.02. The van der Waals surface area contributed by atoms with Gasteiger partial charge in [-0.05, 0) is 12.1 Å². The van der Waals surface area contributed by atoms with Gasteiger partial charge in [-0.3, -0.25) is 0 Å². The lowest BCUT2D eigenvalue weighted by molar-refractivity contribution is 0.0697. The number of carbonyl (C=O) groups is 1. The van der Waals surface area contributed by atoms with Crippen molar-refractivity contribution in [1.82, 2.24) is 0 Å². The maximum absolute atomic E-state index is 10.6. The first-order chi connectivity index (χ1) is 6.06. The predicted octanol–water partition coefficient (Wildman–Crippen LogP) is 2.67. The van der Waals surface area contributed by atoms with Crippen LogP contribution in [0.5, 0.6) is 0 Å². The van der Waals surface area contributed by atoms with Gasteiger partial charge in [0.05, 0.1) is 15.6 Å². The molecule has 0 fully saturated rings. The van der Waals surface area contributed by atoms with Crippen LogP contribution in [0.25, 0.3) is 0 Å². The van der Waals surface area contributed by atoms with Crippen molar-refractivity contribution in [3.63, 3.8) is 0 Å². The van der Waals surface area contributed by atoms with E-state index in [1.54, 1.807) is 0 Å². The molecule has 0 spiro atoms. The lowest BCUT2D eigenvalue weighted by Crippen LogP contribution is -1.99. The third-order valence-electron chi connectivity index (χ3n) is 1.42. The van der Waals surface area contributed by atoms with Crippen LogP contribution in [-0.2, 0) is 0 Å². The molecule has 0 bridgehead atoms. The minimum absolute atomic E-state index is 0.0490. The molecule has 0 unspecified atom stereocenters. The molecule has 1 aromatic carbocycles. The lowest BCUT2D eigenvalue weighted by atomic mass is 10.1. The molecule has 0 radical (unpaired) electrons. The zero-order chi connectivity index (χ0) is 10.0. The highest BCUT2D eigenvalue weighted by Gasteiger charge is 2.13. The number of carboxylic acids is 1. The Morgan fingerprint density at radius 3 is 2.15 bits per heavy atom. The predicted molar refractivity (Wildman–Crippen MR) is 51.4 cm³/mol. The molecule has 2 nitrogen and oxygen atoms in total. The van der Waals surface area contributed by atoms with E-state index in [0.717, 1.165) is 0 Å². The van der Waals surface area contributed by atoms with Crippen LogP contribution < -0.4 is 0 Å². The van der Waals surface area contributed by atoms with Crippen LogP contribution in [0.15, 0.2) is 12.1 Å². The Hall–Kier alpha value is -1.17. The molecule has 0 saturated heterocycles. The molecule has 0 aromatic heterocycles. The molecule has 1 N–H and O–H groups in total. The standard InChI is InChI=1S/C9H4Cl2O2/c1-2-5-3-6(10)8(9(12)13)7(11)4-5/h1,3-4H,(H,12,13). The molecule has 66 valence electrons. The van der Waals surface area contributed by atoms with E-state index >= 15 is 0 Å². The smallest absolute Gasteiger partial charge is 0.338 e. The first-order valence-electron chi connectivity index (χ1n) is 3.25. The molecule has 1 rings (SSSR count). The average molecular weight is 215 g/mol. The maximum atomic E-state index is 10.6. The fourth-order valence-corrected chi connectivity index (χ4v) is 1.51. The highest BCUT2D eigenvalue weighted by molar-refractivity contribution is 6.39. The molecule has 4 heteroatoms. The highest BCUT2D eigenvalue weighted by atomic mass is 35.5. The summed E-state index contributed by atoms with van der Waals surface area (Å²) in [7, 11) is 0. The monoisotopic (exact) mass is 214 g/mol. The Bertz CT molecular complexity index is 382. The van der Waals surface area contributed by atoms with Crippen molar-refractivity contribution in [2.45, 2.75) is 0 Å². The zero-order valence-electron chi connectivity index (χ0n) is 6.34. The molecule has 0 aliphatic heterocycles. The summed E-state index contributed by atoms with van der Waals surface area (Å²) in [6.45, 7) is 0. The van der Waals surface area contributed by atoms with Gasteiger partial charge in [0.25, 0.3) is 0 Å². The van der Waals surface area contributed by atoms with Gasteiger partial charge in [0.1, 0.15) is 0 Å². The van der Waals surface area contributed by atoms with Crippen LogP contribution in [0.2, 0.25) is 10.0 Å². The van der Waals surface area contributed by atoms with Crippen molar-refractivity contribution in [1.29, 1.82) is 0 Å². The fraction of sp³-hybridized carbons (Fsp3) is 0. The van der Waals surface area contributed by atoms with Gasteiger partial charge in [-0.2, -0.15) is 0 Å². The summed E-state index contributed by atoms with van der Waals surface area (Å²) >= 11 is 11.3. The van der Waals surface area contributed by atoms with Crippen molar-refractivity contribution in [3.8, 4) is 12.3 Å². The molecular weight excluding hydrogens is 211 g/mol. The van der Waals surface area contributed by atoms with Gasteiger partial charge in [0, 0.05) is 5.56 Å². The summed E-state index contributed by atoms with van der Waals surface area (Å²) in [6, 6.07) is 2.77. The molecule has 0 aliphatic carbocycles. The number of terminal acetylenes is 1. The first kappa shape index (κ1) is 9.91. The second-order valence-corrected chi connectivity index (χ2v) is 3.08. The van der Waals surface area contributed by atoms with E-state index in [1.807, 2.05) is 0 Å². The van der Waals surface area contributed by atoms with Gasteiger partial charge in [-0.1, -0.05) is 29.1 Å². The minimum Gasteiger partial charge on any atom is -0.478 e. The summed E-state index contributed by atoms with van der Waals surface area (Å²) in [5.41, 5.74) is 0.335. The molecule has 13 heavy (non-hydrogen) atoms. The summed E-state index contributed by atoms with van der Waals surface area (Å²) in [6.07, 6.45) is 5.10. The van der Waals surface area contributed by atoms with Crippen molar-refractivity contribution in [2.24, 2.45) is 0 Å². The number of halogens is 2. The summed E-state index contributed by atoms with van der Waals surface area (Å²) in [5.74, 6) is 1.14. The first-order valence-corrected chi connectivity index (χ1v) is 4.01. The number of benzene rings is 1. The van der Waals surface area contributed by atoms with Crippen LogP contribution in [0.4, 0.5) is 0 Å². The van der Waals surface area contributed by atoms with Crippen LogP contribution >= 0.6 is 23.2 Å². The van der Waals surface area contributed by atoms with Crippen LogP contribution in [0.3, 0.4) is 0 Å². The molecule has 0 amide bonds. The maximum Gasteiger partial charge on any atom is 0.338 e. The number of hydrogen-bond acceptors (Lipinski definition) is 1. The van der Waals surface area contributed by atoms with Gasteiger partial charge < -0.3 is 5.11 Å². The average Bonchev–Trinajstić information content (AvgIpc) is 2.02. The number of aromatic carboxylic acids is 1. The summed E-state index contributed by atoms with van der Waals surface area (Å²) in [4.78, 5) is 10.6.